The van der Waals surface area contributed by atoms with Crippen LogP contribution in [0.15, 0.2) is 29.5 Å². The summed E-state index contributed by atoms with van der Waals surface area (Å²) in [6.07, 6.45) is 1.70. The lowest BCUT2D eigenvalue weighted by molar-refractivity contribution is 0.173. The second-order valence-corrected chi connectivity index (χ2v) is 2.94. The summed E-state index contributed by atoms with van der Waals surface area (Å²) in [5, 5.41) is 0. The Bertz CT molecular complexity index is 209. The summed E-state index contributed by atoms with van der Waals surface area (Å²) >= 11 is 0. The molecule has 74 valence electrons. The molecule has 0 heterocycles. The molecule has 0 saturated carbocycles. The van der Waals surface area contributed by atoms with Gasteiger partial charge in [-0.1, -0.05) is 13.2 Å². The number of ether oxygens (including phenoxy) is 1. The highest BCUT2D eigenvalue weighted by Gasteiger charge is 1.97. The average Bonchev–Trinajstić information content (AvgIpc) is 2.10. The van der Waals surface area contributed by atoms with E-state index in [0.717, 1.165) is 17.9 Å². The predicted molar refractivity (Wildman–Crippen MR) is 57.0 cm³/mol. The SMILES string of the molecule is C=C(C)/C=N\C(=C)N(C)CCOC. The van der Waals surface area contributed by atoms with Crippen LogP contribution in [-0.4, -0.2) is 38.4 Å². The van der Waals surface area contributed by atoms with Gasteiger partial charge in [0.25, 0.3) is 0 Å². The van der Waals surface area contributed by atoms with Crippen LogP contribution in [-0.2, 0) is 4.74 Å². The van der Waals surface area contributed by atoms with Crippen LogP contribution in [0.5, 0.6) is 0 Å². The summed E-state index contributed by atoms with van der Waals surface area (Å²) < 4.78 is 4.94. The first-order valence-electron chi connectivity index (χ1n) is 4.16. The van der Waals surface area contributed by atoms with E-state index in [1.807, 2.05) is 18.9 Å². The highest BCUT2D eigenvalue weighted by atomic mass is 16.5. The third-order valence-corrected chi connectivity index (χ3v) is 1.51. The standard InChI is InChI=1S/C10H18N2O/c1-9(2)8-11-10(3)12(4)6-7-13-5/h8H,1,3,6-7H2,2,4-5H3/b11-8-. The number of likely N-dealkylation sites (N-methyl/N-ethyl adjacent to an activating group) is 1. The molecule has 0 aliphatic rings. The summed E-state index contributed by atoms with van der Waals surface area (Å²) in [7, 11) is 3.60. The number of methoxy groups -OCH3 is 1. The largest absolute Gasteiger partial charge is 0.383 e. The number of hydrogen-bond acceptors (Lipinski definition) is 3. The third-order valence-electron chi connectivity index (χ3n) is 1.51. The van der Waals surface area contributed by atoms with Gasteiger partial charge in [-0.2, -0.15) is 0 Å². The Morgan fingerprint density at radius 3 is 2.62 bits per heavy atom. The molecule has 0 amide bonds. The van der Waals surface area contributed by atoms with Crippen molar-refractivity contribution in [3.8, 4) is 0 Å². The lowest BCUT2D eigenvalue weighted by atomic mass is 10.4. The molecule has 0 aliphatic heterocycles. The lowest BCUT2D eigenvalue weighted by Gasteiger charge is -2.17. The van der Waals surface area contributed by atoms with Gasteiger partial charge >= 0.3 is 0 Å². The van der Waals surface area contributed by atoms with Gasteiger partial charge in [0.2, 0.25) is 0 Å². The van der Waals surface area contributed by atoms with Crippen molar-refractivity contribution in [1.82, 2.24) is 4.90 Å². The van der Waals surface area contributed by atoms with Crippen LogP contribution in [0.3, 0.4) is 0 Å². The van der Waals surface area contributed by atoms with Gasteiger partial charge in [-0.25, -0.2) is 4.99 Å². The van der Waals surface area contributed by atoms with E-state index in [0.29, 0.717) is 6.61 Å². The van der Waals surface area contributed by atoms with Gasteiger partial charge in [-0.3, -0.25) is 0 Å². The monoisotopic (exact) mass is 182 g/mol. The third kappa shape index (κ3) is 6.11. The normalized spacial score (nSPS) is 10.4. The second kappa shape index (κ2) is 6.43. The molecule has 0 aromatic heterocycles. The maximum absolute atomic E-state index is 4.94. The van der Waals surface area contributed by atoms with Crippen LogP contribution in [0.2, 0.25) is 0 Å². The fraction of sp³-hybridized carbons (Fsp3) is 0.500. The molecule has 0 N–H and O–H groups in total. The van der Waals surface area contributed by atoms with Crippen molar-refractivity contribution in [2.45, 2.75) is 6.92 Å². The van der Waals surface area contributed by atoms with Gasteiger partial charge in [-0.05, 0) is 12.5 Å². The average molecular weight is 182 g/mol. The summed E-state index contributed by atoms with van der Waals surface area (Å²) in [5.74, 6) is 0.722. The van der Waals surface area contributed by atoms with Gasteiger partial charge in [0.15, 0.2) is 0 Å². The van der Waals surface area contributed by atoms with Crippen molar-refractivity contribution in [2.24, 2.45) is 4.99 Å². The van der Waals surface area contributed by atoms with E-state index in [9.17, 15) is 0 Å². The molecule has 0 bridgehead atoms. The molecule has 0 unspecified atom stereocenters. The first-order valence-corrected chi connectivity index (χ1v) is 4.16. The fourth-order valence-electron chi connectivity index (χ4n) is 0.641. The van der Waals surface area contributed by atoms with E-state index >= 15 is 0 Å². The molecular weight excluding hydrogens is 164 g/mol. The van der Waals surface area contributed by atoms with E-state index < -0.39 is 0 Å². The summed E-state index contributed by atoms with van der Waals surface area (Å²) in [5.41, 5.74) is 0.918. The van der Waals surface area contributed by atoms with Crippen LogP contribution in [0.25, 0.3) is 0 Å². The zero-order valence-corrected chi connectivity index (χ0v) is 8.71. The number of rotatable bonds is 6. The Kier molecular flexibility index (Phi) is 5.89. The maximum Gasteiger partial charge on any atom is 0.121 e. The fourth-order valence-corrected chi connectivity index (χ4v) is 0.641. The molecule has 0 radical (unpaired) electrons. The molecule has 0 fully saturated rings. The molecule has 13 heavy (non-hydrogen) atoms. The van der Waals surface area contributed by atoms with Gasteiger partial charge in [0, 0.05) is 26.9 Å². The molecule has 0 aromatic carbocycles. The van der Waals surface area contributed by atoms with E-state index in [1.54, 1.807) is 13.3 Å². The summed E-state index contributed by atoms with van der Waals surface area (Å²) in [4.78, 5) is 6.06. The Balaban J connectivity index is 3.89. The molecule has 0 aromatic rings. The summed E-state index contributed by atoms with van der Waals surface area (Å²) in [6, 6.07) is 0. The van der Waals surface area contributed by atoms with Crippen molar-refractivity contribution in [1.29, 1.82) is 0 Å². The molecule has 3 heteroatoms. The van der Waals surface area contributed by atoms with Crippen molar-refractivity contribution < 1.29 is 4.74 Å². The number of hydrogen-bond donors (Lipinski definition) is 0. The van der Waals surface area contributed by atoms with Crippen molar-refractivity contribution in [3.63, 3.8) is 0 Å². The molecule has 0 rings (SSSR count). The Hall–Kier alpha value is -1.09. The Morgan fingerprint density at radius 2 is 2.15 bits per heavy atom. The van der Waals surface area contributed by atoms with E-state index in [1.165, 1.54) is 0 Å². The number of nitrogens with zero attached hydrogens (tertiary/aromatic N) is 2. The molecule has 0 aliphatic carbocycles. The molecule has 0 atom stereocenters. The highest BCUT2D eigenvalue weighted by molar-refractivity contribution is 5.77. The molecule has 3 nitrogen and oxygen atoms in total. The Morgan fingerprint density at radius 1 is 1.54 bits per heavy atom. The van der Waals surface area contributed by atoms with E-state index in [2.05, 4.69) is 18.2 Å². The number of allylic oxidation sites excluding steroid dienone is 1. The zero-order chi connectivity index (χ0) is 10.3. The first kappa shape index (κ1) is 11.9. The van der Waals surface area contributed by atoms with Crippen molar-refractivity contribution in [2.75, 3.05) is 27.3 Å². The zero-order valence-electron chi connectivity index (χ0n) is 8.71. The van der Waals surface area contributed by atoms with Gasteiger partial charge < -0.3 is 9.64 Å². The topological polar surface area (TPSA) is 24.8 Å². The number of aliphatic imine (C=N–C) groups is 1. The van der Waals surface area contributed by atoms with Gasteiger partial charge in [-0.15, -0.1) is 0 Å². The van der Waals surface area contributed by atoms with Crippen LogP contribution >= 0.6 is 0 Å². The summed E-state index contributed by atoms with van der Waals surface area (Å²) in [6.45, 7) is 10.9. The molecular formula is C10H18N2O. The molecule has 0 spiro atoms. The van der Waals surface area contributed by atoms with Crippen LogP contribution in [0.4, 0.5) is 0 Å². The van der Waals surface area contributed by atoms with Crippen LogP contribution in [0.1, 0.15) is 6.92 Å². The van der Waals surface area contributed by atoms with Crippen LogP contribution in [0, 0.1) is 0 Å². The maximum atomic E-state index is 4.94. The Labute approximate surface area is 80.4 Å². The lowest BCUT2D eigenvalue weighted by Crippen LogP contribution is -2.20. The predicted octanol–water partition coefficient (Wildman–Crippen LogP) is 1.68. The minimum atomic E-state index is 0.679. The van der Waals surface area contributed by atoms with Crippen molar-refractivity contribution in [3.05, 3.63) is 24.6 Å². The smallest absolute Gasteiger partial charge is 0.121 e. The van der Waals surface area contributed by atoms with Gasteiger partial charge in [0.05, 0.1) is 6.61 Å². The minimum Gasteiger partial charge on any atom is -0.383 e. The minimum absolute atomic E-state index is 0.679. The van der Waals surface area contributed by atoms with Gasteiger partial charge in [0.1, 0.15) is 5.82 Å². The highest BCUT2D eigenvalue weighted by Crippen LogP contribution is 1.99. The van der Waals surface area contributed by atoms with Crippen LogP contribution < -0.4 is 0 Å². The first-order chi connectivity index (χ1) is 6.07. The molecule has 0 saturated heterocycles. The second-order valence-electron chi connectivity index (χ2n) is 2.94. The van der Waals surface area contributed by atoms with E-state index in [4.69, 9.17) is 4.74 Å². The van der Waals surface area contributed by atoms with E-state index in [-0.39, 0.29) is 0 Å². The van der Waals surface area contributed by atoms with Crippen molar-refractivity contribution >= 4 is 6.21 Å². The quantitative estimate of drug-likeness (QED) is 0.584.